The lowest BCUT2D eigenvalue weighted by atomic mass is 10.3. The van der Waals surface area contributed by atoms with Crippen LogP contribution < -0.4 is 5.32 Å². The topological polar surface area (TPSA) is 51.2 Å². The van der Waals surface area contributed by atoms with Crippen LogP contribution in [0.15, 0.2) is 31.0 Å². The zero-order chi connectivity index (χ0) is 11.1. The van der Waals surface area contributed by atoms with Gasteiger partial charge in [0, 0.05) is 11.2 Å². The molecule has 80 valence electrons. The zero-order valence-corrected chi connectivity index (χ0v) is 8.83. The highest BCUT2D eigenvalue weighted by Crippen LogP contribution is 2.07. The van der Waals surface area contributed by atoms with E-state index < -0.39 is 6.09 Å². The monoisotopic (exact) mass is 226 g/mol. The maximum Gasteiger partial charge on any atom is 0.407 e. The Balaban J connectivity index is 2.36. The Hall–Kier alpha value is -1.55. The lowest BCUT2D eigenvalue weighted by Crippen LogP contribution is -2.24. The van der Waals surface area contributed by atoms with Crippen molar-refractivity contribution in [2.24, 2.45) is 0 Å². The maximum absolute atomic E-state index is 11.0. The Kier molecular flexibility index (Phi) is 4.63. The molecule has 4 nitrogen and oxygen atoms in total. The minimum Gasteiger partial charge on any atom is -0.445 e. The van der Waals surface area contributed by atoms with Gasteiger partial charge in [-0.3, -0.25) is 4.98 Å². The summed E-state index contributed by atoms with van der Waals surface area (Å²) in [4.78, 5) is 15.0. The summed E-state index contributed by atoms with van der Waals surface area (Å²) >= 11 is 5.75. The molecule has 0 saturated carbocycles. The number of carbonyl (C=O) groups excluding carboxylic acids is 1. The zero-order valence-electron chi connectivity index (χ0n) is 8.07. The lowest BCUT2D eigenvalue weighted by molar-refractivity contribution is 0.157. The first-order chi connectivity index (χ1) is 7.22. The Labute approximate surface area is 92.9 Å². The minimum atomic E-state index is -0.503. The molecular formula is C10H11ClN2O2. The molecule has 0 unspecified atom stereocenters. The van der Waals surface area contributed by atoms with Crippen molar-refractivity contribution in [1.82, 2.24) is 10.3 Å². The average Bonchev–Trinajstić information content (AvgIpc) is 2.23. The van der Waals surface area contributed by atoms with Crippen LogP contribution in [0.1, 0.15) is 5.69 Å². The molecule has 0 aromatic carbocycles. The van der Waals surface area contributed by atoms with Gasteiger partial charge in [-0.2, -0.15) is 0 Å². The molecule has 0 fully saturated rings. The van der Waals surface area contributed by atoms with E-state index in [4.69, 9.17) is 16.3 Å². The number of halogens is 1. The van der Waals surface area contributed by atoms with E-state index in [1.807, 2.05) is 0 Å². The largest absolute Gasteiger partial charge is 0.445 e. The molecule has 0 spiro atoms. The number of nitrogens with one attached hydrogen (secondary N) is 1. The number of aromatic nitrogens is 1. The highest BCUT2D eigenvalue weighted by Gasteiger charge is 2.01. The second kappa shape index (κ2) is 6.03. The summed E-state index contributed by atoms with van der Waals surface area (Å²) < 4.78 is 4.71. The van der Waals surface area contributed by atoms with Crippen molar-refractivity contribution >= 4 is 17.7 Å². The van der Waals surface area contributed by atoms with Crippen LogP contribution in [0.2, 0.25) is 5.02 Å². The molecule has 5 heteroatoms. The number of alkyl carbamates (subject to hydrolysis) is 1. The van der Waals surface area contributed by atoms with Crippen LogP contribution in [-0.2, 0) is 11.3 Å². The van der Waals surface area contributed by atoms with Crippen molar-refractivity contribution < 1.29 is 9.53 Å². The normalized spacial score (nSPS) is 9.40. The lowest BCUT2D eigenvalue weighted by Gasteiger charge is -2.04. The highest BCUT2D eigenvalue weighted by molar-refractivity contribution is 6.30. The predicted octanol–water partition coefficient (Wildman–Crippen LogP) is 2.15. The van der Waals surface area contributed by atoms with Gasteiger partial charge in [0.2, 0.25) is 0 Å². The molecule has 0 atom stereocenters. The smallest absolute Gasteiger partial charge is 0.407 e. The first-order valence-electron chi connectivity index (χ1n) is 4.34. The van der Waals surface area contributed by atoms with Crippen LogP contribution >= 0.6 is 11.6 Å². The summed E-state index contributed by atoms with van der Waals surface area (Å²) in [6, 6.07) is 3.34. The van der Waals surface area contributed by atoms with Crippen LogP contribution in [0.5, 0.6) is 0 Å². The first kappa shape index (κ1) is 11.5. The van der Waals surface area contributed by atoms with Gasteiger partial charge in [0.15, 0.2) is 0 Å². The number of amides is 1. The van der Waals surface area contributed by atoms with Gasteiger partial charge in [0.25, 0.3) is 0 Å². The van der Waals surface area contributed by atoms with Crippen molar-refractivity contribution in [2.45, 2.75) is 6.54 Å². The SMILES string of the molecule is C=CCOC(=O)NCc1cc(Cl)ccn1. The van der Waals surface area contributed by atoms with Crippen molar-refractivity contribution in [3.63, 3.8) is 0 Å². The Morgan fingerprint density at radius 1 is 1.73 bits per heavy atom. The van der Waals surface area contributed by atoms with Gasteiger partial charge < -0.3 is 10.1 Å². The summed E-state index contributed by atoms with van der Waals surface area (Å²) in [6.07, 6.45) is 2.57. The van der Waals surface area contributed by atoms with E-state index in [1.165, 1.54) is 6.08 Å². The van der Waals surface area contributed by atoms with Crippen LogP contribution in [0.3, 0.4) is 0 Å². The molecule has 0 saturated heterocycles. The van der Waals surface area contributed by atoms with Gasteiger partial charge >= 0.3 is 6.09 Å². The first-order valence-corrected chi connectivity index (χ1v) is 4.72. The molecule has 1 aromatic rings. The summed E-state index contributed by atoms with van der Waals surface area (Å²) in [5, 5.41) is 3.12. The van der Waals surface area contributed by atoms with Crippen LogP contribution in [-0.4, -0.2) is 17.7 Å². The van der Waals surface area contributed by atoms with Crippen LogP contribution in [0.4, 0.5) is 4.79 Å². The number of hydrogen-bond acceptors (Lipinski definition) is 3. The van der Waals surface area contributed by atoms with E-state index >= 15 is 0 Å². The predicted molar refractivity (Wildman–Crippen MR) is 57.6 cm³/mol. The van der Waals surface area contributed by atoms with Gasteiger partial charge in [0.05, 0.1) is 12.2 Å². The number of ether oxygens (including phenoxy) is 1. The maximum atomic E-state index is 11.0. The second-order valence-corrected chi connectivity index (χ2v) is 3.14. The fourth-order valence-corrected chi connectivity index (χ4v) is 1.08. The molecule has 15 heavy (non-hydrogen) atoms. The minimum absolute atomic E-state index is 0.189. The standard InChI is InChI=1S/C10H11ClN2O2/c1-2-5-15-10(14)13-7-9-6-8(11)3-4-12-9/h2-4,6H,1,5,7H2,(H,13,14). The molecular weight excluding hydrogens is 216 g/mol. The third kappa shape index (κ3) is 4.46. The summed E-state index contributed by atoms with van der Waals surface area (Å²) in [5.41, 5.74) is 0.679. The van der Waals surface area contributed by atoms with Crippen molar-refractivity contribution in [3.05, 3.63) is 41.7 Å². The number of carbonyl (C=O) groups is 1. The van der Waals surface area contributed by atoms with Crippen molar-refractivity contribution in [3.8, 4) is 0 Å². The van der Waals surface area contributed by atoms with Gasteiger partial charge in [-0.1, -0.05) is 24.3 Å². The van der Waals surface area contributed by atoms with E-state index in [9.17, 15) is 4.79 Å². The van der Waals surface area contributed by atoms with E-state index in [1.54, 1.807) is 18.3 Å². The molecule has 0 bridgehead atoms. The third-order valence-electron chi connectivity index (χ3n) is 1.52. The Morgan fingerprint density at radius 3 is 3.20 bits per heavy atom. The van der Waals surface area contributed by atoms with Crippen LogP contribution in [0, 0.1) is 0 Å². The fraction of sp³-hybridized carbons (Fsp3) is 0.200. The molecule has 1 heterocycles. The van der Waals surface area contributed by atoms with Crippen molar-refractivity contribution in [1.29, 1.82) is 0 Å². The fourth-order valence-electron chi connectivity index (χ4n) is 0.894. The molecule has 0 aliphatic rings. The van der Waals surface area contributed by atoms with Gasteiger partial charge in [-0.25, -0.2) is 4.79 Å². The Morgan fingerprint density at radius 2 is 2.53 bits per heavy atom. The van der Waals surface area contributed by atoms with Crippen molar-refractivity contribution in [2.75, 3.05) is 6.61 Å². The number of rotatable bonds is 4. The average molecular weight is 227 g/mol. The van der Waals surface area contributed by atoms with Gasteiger partial charge in [0.1, 0.15) is 6.61 Å². The molecule has 0 radical (unpaired) electrons. The molecule has 1 rings (SSSR count). The molecule has 1 aromatic heterocycles. The van der Waals surface area contributed by atoms with E-state index in [0.29, 0.717) is 10.7 Å². The van der Waals surface area contributed by atoms with E-state index in [2.05, 4.69) is 16.9 Å². The molecule has 1 amide bonds. The quantitative estimate of drug-likeness (QED) is 0.801. The van der Waals surface area contributed by atoms with Gasteiger partial charge in [-0.15, -0.1) is 0 Å². The van der Waals surface area contributed by atoms with Gasteiger partial charge in [-0.05, 0) is 12.1 Å². The summed E-state index contributed by atoms with van der Waals surface area (Å²) in [7, 11) is 0. The number of nitrogens with zero attached hydrogens (tertiary/aromatic N) is 1. The van der Waals surface area contributed by atoms with Crippen LogP contribution in [0.25, 0.3) is 0 Å². The summed E-state index contributed by atoms with van der Waals surface area (Å²) in [5.74, 6) is 0. The Bertz CT molecular complexity index is 355. The summed E-state index contributed by atoms with van der Waals surface area (Å²) in [6.45, 7) is 3.91. The second-order valence-electron chi connectivity index (χ2n) is 2.71. The highest BCUT2D eigenvalue weighted by atomic mass is 35.5. The number of hydrogen-bond donors (Lipinski definition) is 1. The van der Waals surface area contributed by atoms with E-state index in [-0.39, 0.29) is 13.2 Å². The molecule has 0 aliphatic heterocycles. The molecule has 1 N–H and O–H groups in total. The van der Waals surface area contributed by atoms with E-state index in [0.717, 1.165) is 0 Å². The number of pyridine rings is 1. The third-order valence-corrected chi connectivity index (χ3v) is 1.76. The molecule has 0 aliphatic carbocycles.